The summed E-state index contributed by atoms with van der Waals surface area (Å²) in [4.78, 5) is 4.34. The highest BCUT2D eigenvalue weighted by atomic mass is 32.1. The molecule has 0 aliphatic heterocycles. The zero-order valence-electron chi connectivity index (χ0n) is 8.94. The molecule has 0 atom stereocenters. The minimum absolute atomic E-state index is 0.183. The number of nitrogens with one attached hydrogen (secondary N) is 2. The second-order valence-electron chi connectivity index (χ2n) is 3.40. The molecule has 0 aromatic carbocycles. The van der Waals surface area contributed by atoms with Crippen LogP contribution in [0.15, 0.2) is 23.7 Å². The number of nitrogens with zero attached hydrogens (tertiary/aromatic N) is 1. The van der Waals surface area contributed by atoms with Crippen molar-refractivity contribution in [1.82, 2.24) is 10.3 Å². The number of aliphatic hydroxyl groups excluding tert-OH is 1. The Kier molecular flexibility index (Phi) is 4.10. The van der Waals surface area contributed by atoms with Crippen LogP contribution in [0.5, 0.6) is 0 Å². The Morgan fingerprint density at radius 2 is 2.25 bits per heavy atom. The van der Waals surface area contributed by atoms with E-state index in [2.05, 4.69) is 27.1 Å². The number of rotatable bonds is 6. The molecule has 0 fully saturated rings. The highest BCUT2D eigenvalue weighted by Gasteiger charge is 2.02. The average Bonchev–Trinajstić information content (AvgIpc) is 2.73. The van der Waals surface area contributed by atoms with Crippen molar-refractivity contribution in [2.45, 2.75) is 0 Å². The molecular weight excluding hydrogens is 222 g/mol. The Balaban J connectivity index is 1.89. The molecule has 0 spiro atoms. The second kappa shape index (κ2) is 5.79. The summed E-state index contributed by atoms with van der Waals surface area (Å²) < 4.78 is 1.20. The Hall–Kier alpha value is -1.17. The minimum atomic E-state index is 0.183. The van der Waals surface area contributed by atoms with Gasteiger partial charge in [-0.25, -0.2) is 0 Å². The number of hydrogen-bond acceptors (Lipinski definition) is 5. The minimum Gasteiger partial charge on any atom is -0.395 e. The van der Waals surface area contributed by atoms with Gasteiger partial charge < -0.3 is 15.7 Å². The number of aromatic nitrogens is 1. The first kappa shape index (κ1) is 11.3. The molecule has 0 amide bonds. The van der Waals surface area contributed by atoms with E-state index in [1.807, 2.05) is 12.3 Å². The summed E-state index contributed by atoms with van der Waals surface area (Å²) in [5.41, 5.74) is 2.13. The number of aliphatic hydroxyl groups is 1. The Labute approximate surface area is 98.3 Å². The van der Waals surface area contributed by atoms with Gasteiger partial charge in [0.2, 0.25) is 0 Å². The van der Waals surface area contributed by atoms with Crippen molar-refractivity contribution in [1.29, 1.82) is 0 Å². The topological polar surface area (TPSA) is 57.2 Å². The summed E-state index contributed by atoms with van der Waals surface area (Å²) in [6.45, 7) is 2.50. The summed E-state index contributed by atoms with van der Waals surface area (Å²) in [5.74, 6) is 0. The molecule has 2 heterocycles. The molecule has 0 aliphatic rings. The van der Waals surface area contributed by atoms with Crippen LogP contribution in [0.4, 0.5) is 5.69 Å². The third-order valence-corrected chi connectivity index (χ3v) is 3.17. The van der Waals surface area contributed by atoms with Gasteiger partial charge >= 0.3 is 0 Å². The van der Waals surface area contributed by atoms with Gasteiger partial charge in [0.05, 0.1) is 17.0 Å². The Morgan fingerprint density at radius 1 is 1.31 bits per heavy atom. The molecule has 3 N–H and O–H groups in total. The average molecular weight is 237 g/mol. The van der Waals surface area contributed by atoms with Crippen molar-refractivity contribution in [3.63, 3.8) is 0 Å². The van der Waals surface area contributed by atoms with E-state index >= 15 is 0 Å². The smallest absolute Gasteiger partial charge is 0.104 e. The van der Waals surface area contributed by atoms with Gasteiger partial charge in [-0.1, -0.05) is 0 Å². The highest BCUT2D eigenvalue weighted by molar-refractivity contribution is 7.17. The molecule has 2 rings (SSSR count). The Bertz CT molecular complexity index is 443. The van der Waals surface area contributed by atoms with Crippen LogP contribution in [0.25, 0.3) is 10.2 Å². The van der Waals surface area contributed by atoms with Crippen LogP contribution in [0.3, 0.4) is 0 Å². The third-order valence-electron chi connectivity index (χ3n) is 2.24. The van der Waals surface area contributed by atoms with Crippen molar-refractivity contribution in [3.05, 3.63) is 23.7 Å². The molecule has 0 aliphatic carbocycles. The molecule has 5 heteroatoms. The molecule has 16 heavy (non-hydrogen) atoms. The zero-order valence-corrected chi connectivity index (χ0v) is 9.76. The van der Waals surface area contributed by atoms with Crippen molar-refractivity contribution in [2.75, 3.05) is 31.6 Å². The van der Waals surface area contributed by atoms with Crippen LogP contribution in [0, 0.1) is 0 Å². The van der Waals surface area contributed by atoms with Crippen LogP contribution in [0.2, 0.25) is 0 Å². The van der Waals surface area contributed by atoms with Gasteiger partial charge in [-0.05, 0) is 12.1 Å². The summed E-state index contributed by atoms with van der Waals surface area (Å²) in [5, 5.41) is 17.1. The van der Waals surface area contributed by atoms with E-state index in [-0.39, 0.29) is 6.61 Å². The van der Waals surface area contributed by atoms with E-state index in [1.54, 1.807) is 11.3 Å². The fourth-order valence-electron chi connectivity index (χ4n) is 1.48. The van der Waals surface area contributed by atoms with Gasteiger partial charge in [-0.2, -0.15) is 0 Å². The van der Waals surface area contributed by atoms with E-state index in [0.29, 0.717) is 6.54 Å². The summed E-state index contributed by atoms with van der Waals surface area (Å²) in [6.07, 6.45) is 1.81. The Morgan fingerprint density at radius 3 is 3.12 bits per heavy atom. The summed E-state index contributed by atoms with van der Waals surface area (Å²) in [7, 11) is 0. The van der Waals surface area contributed by atoms with Gasteiger partial charge in [-0.3, -0.25) is 4.98 Å². The molecule has 86 valence electrons. The van der Waals surface area contributed by atoms with Crippen molar-refractivity contribution < 1.29 is 5.11 Å². The lowest BCUT2D eigenvalue weighted by Gasteiger charge is -2.05. The first-order valence-electron chi connectivity index (χ1n) is 5.29. The predicted octanol–water partition coefficient (Wildman–Crippen LogP) is 1.29. The molecule has 0 radical (unpaired) electrons. The van der Waals surface area contributed by atoms with Gasteiger partial charge in [0.25, 0.3) is 0 Å². The third kappa shape index (κ3) is 2.69. The molecule has 4 nitrogen and oxygen atoms in total. The van der Waals surface area contributed by atoms with E-state index in [4.69, 9.17) is 5.11 Å². The zero-order chi connectivity index (χ0) is 11.2. The predicted molar refractivity (Wildman–Crippen MR) is 68.1 cm³/mol. The first-order valence-corrected chi connectivity index (χ1v) is 6.17. The largest absolute Gasteiger partial charge is 0.395 e. The van der Waals surface area contributed by atoms with Crippen molar-refractivity contribution in [2.24, 2.45) is 0 Å². The second-order valence-corrected chi connectivity index (χ2v) is 4.31. The van der Waals surface area contributed by atoms with Crippen LogP contribution in [-0.2, 0) is 0 Å². The monoisotopic (exact) mass is 237 g/mol. The van der Waals surface area contributed by atoms with Gasteiger partial charge in [0, 0.05) is 31.2 Å². The maximum atomic E-state index is 8.60. The number of thiophene rings is 1. The van der Waals surface area contributed by atoms with Crippen LogP contribution in [0.1, 0.15) is 0 Å². The fraction of sp³-hybridized carbons (Fsp3) is 0.364. The van der Waals surface area contributed by atoms with Crippen LogP contribution in [-0.4, -0.2) is 36.3 Å². The SMILES string of the molecule is OCCNCCNc1csc2cccnc12. The lowest BCUT2D eigenvalue weighted by Crippen LogP contribution is -2.24. The maximum Gasteiger partial charge on any atom is 0.104 e. The number of pyridine rings is 1. The first-order chi connectivity index (χ1) is 7.92. The van der Waals surface area contributed by atoms with Gasteiger partial charge in [0.1, 0.15) is 5.52 Å². The lowest BCUT2D eigenvalue weighted by molar-refractivity contribution is 0.293. The molecular formula is C11H15N3OS. The van der Waals surface area contributed by atoms with E-state index < -0.39 is 0 Å². The molecule has 0 unspecified atom stereocenters. The number of hydrogen-bond donors (Lipinski definition) is 3. The van der Waals surface area contributed by atoms with E-state index in [0.717, 1.165) is 24.3 Å². The van der Waals surface area contributed by atoms with Crippen molar-refractivity contribution in [3.8, 4) is 0 Å². The van der Waals surface area contributed by atoms with Gasteiger partial charge in [0.15, 0.2) is 0 Å². The lowest BCUT2D eigenvalue weighted by atomic mass is 10.3. The number of fused-ring (bicyclic) bond motifs is 1. The van der Waals surface area contributed by atoms with Crippen molar-refractivity contribution >= 4 is 27.2 Å². The standard InChI is InChI=1S/C11H15N3OS/c15-7-6-12-4-5-13-9-8-16-10-2-1-3-14-11(9)10/h1-3,8,12-13,15H,4-7H2. The number of anilines is 1. The molecule has 2 aromatic rings. The van der Waals surface area contributed by atoms with Gasteiger partial charge in [-0.15, -0.1) is 11.3 Å². The van der Waals surface area contributed by atoms with E-state index in [1.165, 1.54) is 4.70 Å². The molecule has 0 saturated heterocycles. The summed E-state index contributed by atoms with van der Waals surface area (Å²) in [6, 6.07) is 4.02. The molecule has 0 saturated carbocycles. The summed E-state index contributed by atoms with van der Waals surface area (Å²) >= 11 is 1.70. The quantitative estimate of drug-likeness (QED) is 0.663. The maximum absolute atomic E-state index is 8.60. The molecule has 2 aromatic heterocycles. The highest BCUT2D eigenvalue weighted by Crippen LogP contribution is 2.27. The molecule has 0 bridgehead atoms. The van der Waals surface area contributed by atoms with Crippen LogP contribution < -0.4 is 10.6 Å². The normalized spacial score (nSPS) is 10.8. The van der Waals surface area contributed by atoms with Crippen LogP contribution >= 0.6 is 11.3 Å². The van der Waals surface area contributed by atoms with E-state index in [9.17, 15) is 0 Å². The fourth-order valence-corrected chi connectivity index (χ4v) is 2.35.